The molecule has 0 N–H and O–H groups in total. The third kappa shape index (κ3) is 2.17. The van der Waals surface area contributed by atoms with Crippen LogP contribution in [0.2, 0.25) is 0 Å². The minimum absolute atomic E-state index is 0.592. The first-order chi connectivity index (χ1) is 4.80. The maximum atomic E-state index is 4.05. The highest BCUT2D eigenvalue weighted by Gasteiger charge is 2.10. The van der Waals surface area contributed by atoms with Crippen LogP contribution in [0.4, 0.5) is 0 Å². The van der Waals surface area contributed by atoms with Crippen LogP contribution >= 0.6 is 0 Å². The van der Waals surface area contributed by atoms with Gasteiger partial charge in [-0.25, -0.2) is 0 Å². The summed E-state index contributed by atoms with van der Waals surface area (Å²) in [6, 6.07) is 0. The molecule has 0 saturated heterocycles. The molecule has 1 radical (unpaired) electrons. The normalized spacial score (nSPS) is 26.9. The zero-order chi connectivity index (χ0) is 7.40. The first-order valence-corrected chi connectivity index (χ1v) is 4.30. The van der Waals surface area contributed by atoms with Crippen LogP contribution in [0.5, 0.6) is 0 Å². The fourth-order valence-electron chi connectivity index (χ4n) is 1.48. The topological polar surface area (TPSA) is 0 Å². The molecule has 0 aromatic heterocycles. The van der Waals surface area contributed by atoms with Gasteiger partial charge in [-0.05, 0) is 38.0 Å². The highest BCUT2D eigenvalue weighted by Crippen LogP contribution is 2.22. The van der Waals surface area contributed by atoms with Crippen molar-refractivity contribution in [3.63, 3.8) is 0 Å². The molecule has 10 heavy (non-hydrogen) atoms. The summed E-state index contributed by atoms with van der Waals surface area (Å²) in [5.74, 6) is 1.34. The molecule has 0 amide bonds. The summed E-state index contributed by atoms with van der Waals surface area (Å²) in [6.07, 6.45) is 10.1. The smallest absolute Gasteiger partial charge is 0.0208 e. The van der Waals surface area contributed by atoms with E-state index in [1.54, 1.807) is 0 Å². The van der Waals surface area contributed by atoms with Gasteiger partial charge in [0.1, 0.15) is 0 Å². The van der Waals surface area contributed by atoms with Crippen molar-refractivity contribution in [2.45, 2.75) is 32.6 Å². The standard InChI is InChI=1S/C10H17/c1-9(2)10-7-5-3-4-6-8-10/h5,7,9-10H,1,3-4,6,8H2,2H3. The second-order valence-electron chi connectivity index (χ2n) is 3.35. The molecule has 57 valence electrons. The minimum atomic E-state index is 0.592. The van der Waals surface area contributed by atoms with Gasteiger partial charge < -0.3 is 0 Å². The molecule has 0 fully saturated rings. The number of hydrogen-bond donors (Lipinski definition) is 0. The SMILES string of the molecule is [CH2]C(C)C1C=CCCCC1. The third-order valence-electron chi connectivity index (χ3n) is 2.27. The van der Waals surface area contributed by atoms with Crippen LogP contribution in [-0.2, 0) is 0 Å². The van der Waals surface area contributed by atoms with Crippen LogP contribution in [0.3, 0.4) is 0 Å². The van der Waals surface area contributed by atoms with Crippen LogP contribution in [0.25, 0.3) is 0 Å². The van der Waals surface area contributed by atoms with Gasteiger partial charge in [-0.2, -0.15) is 0 Å². The number of allylic oxidation sites excluding steroid dienone is 2. The Morgan fingerprint density at radius 1 is 1.50 bits per heavy atom. The fourth-order valence-corrected chi connectivity index (χ4v) is 1.48. The lowest BCUT2D eigenvalue weighted by Crippen LogP contribution is -2.04. The van der Waals surface area contributed by atoms with Crippen molar-refractivity contribution in [1.29, 1.82) is 0 Å². The van der Waals surface area contributed by atoms with Crippen molar-refractivity contribution in [2.75, 3.05) is 0 Å². The molecular weight excluding hydrogens is 120 g/mol. The summed E-state index contributed by atoms with van der Waals surface area (Å²) >= 11 is 0. The van der Waals surface area contributed by atoms with E-state index in [4.69, 9.17) is 0 Å². The van der Waals surface area contributed by atoms with Crippen molar-refractivity contribution in [3.05, 3.63) is 19.1 Å². The highest BCUT2D eigenvalue weighted by molar-refractivity contribution is 4.93. The molecule has 2 unspecified atom stereocenters. The van der Waals surface area contributed by atoms with E-state index < -0.39 is 0 Å². The van der Waals surface area contributed by atoms with Gasteiger partial charge >= 0.3 is 0 Å². The lowest BCUT2D eigenvalue weighted by molar-refractivity contribution is 0.461. The van der Waals surface area contributed by atoms with Crippen molar-refractivity contribution >= 4 is 0 Å². The largest absolute Gasteiger partial charge is 0.0882 e. The van der Waals surface area contributed by atoms with Crippen LogP contribution in [0.1, 0.15) is 32.6 Å². The Morgan fingerprint density at radius 2 is 2.30 bits per heavy atom. The maximum absolute atomic E-state index is 4.05. The Labute approximate surface area is 64.3 Å². The molecule has 0 aromatic rings. The van der Waals surface area contributed by atoms with E-state index in [-0.39, 0.29) is 0 Å². The second kappa shape index (κ2) is 3.80. The number of rotatable bonds is 1. The Bertz CT molecular complexity index is 111. The molecule has 0 heteroatoms. The lowest BCUT2D eigenvalue weighted by atomic mass is 9.92. The molecule has 0 spiro atoms. The highest BCUT2D eigenvalue weighted by atomic mass is 14.2. The molecule has 0 heterocycles. The first kappa shape index (κ1) is 7.84. The molecule has 0 aromatic carbocycles. The van der Waals surface area contributed by atoms with Gasteiger partial charge in [0.25, 0.3) is 0 Å². The lowest BCUT2D eigenvalue weighted by Gasteiger charge is -2.14. The van der Waals surface area contributed by atoms with Gasteiger partial charge in [0.2, 0.25) is 0 Å². The summed E-state index contributed by atoms with van der Waals surface area (Å²) in [6.45, 7) is 6.26. The molecular formula is C10H17. The van der Waals surface area contributed by atoms with E-state index in [2.05, 4.69) is 26.0 Å². The van der Waals surface area contributed by atoms with Gasteiger partial charge in [0, 0.05) is 0 Å². The molecule has 0 aliphatic heterocycles. The zero-order valence-electron chi connectivity index (χ0n) is 6.84. The van der Waals surface area contributed by atoms with Gasteiger partial charge in [-0.3, -0.25) is 0 Å². The molecule has 0 bridgehead atoms. The van der Waals surface area contributed by atoms with Crippen molar-refractivity contribution in [1.82, 2.24) is 0 Å². The van der Waals surface area contributed by atoms with E-state index in [1.807, 2.05) is 0 Å². The summed E-state index contributed by atoms with van der Waals surface area (Å²) in [5, 5.41) is 0. The fraction of sp³-hybridized carbons (Fsp3) is 0.700. The molecule has 1 aliphatic carbocycles. The monoisotopic (exact) mass is 137 g/mol. The molecule has 0 nitrogen and oxygen atoms in total. The van der Waals surface area contributed by atoms with Gasteiger partial charge in [-0.15, -0.1) is 0 Å². The van der Waals surface area contributed by atoms with Crippen molar-refractivity contribution in [2.24, 2.45) is 11.8 Å². The van der Waals surface area contributed by atoms with Gasteiger partial charge in [-0.1, -0.05) is 25.5 Å². The first-order valence-electron chi connectivity index (χ1n) is 4.30. The Morgan fingerprint density at radius 3 is 3.00 bits per heavy atom. The van der Waals surface area contributed by atoms with Crippen LogP contribution in [-0.4, -0.2) is 0 Å². The maximum Gasteiger partial charge on any atom is -0.0208 e. The molecule has 1 rings (SSSR count). The van der Waals surface area contributed by atoms with Gasteiger partial charge in [0.15, 0.2) is 0 Å². The average Bonchev–Trinajstić information content (AvgIpc) is 2.12. The molecule has 0 saturated carbocycles. The van der Waals surface area contributed by atoms with Crippen LogP contribution in [0, 0.1) is 18.8 Å². The summed E-state index contributed by atoms with van der Waals surface area (Å²) in [5.41, 5.74) is 0. The quantitative estimate of drug-likeness (QED) is 0.487. The molecule has 1 aliphatic rings. The van der Waals surface area contributed by atoms with E-state index in [9.17, 15) is 0 Å². The third-order valence-corrected chi connectivity index (χ3v) is 2.27. The Balaban J connectivity index is 2.41. The van der Waals surface area contributed by atoms with E-state index in [1.165, 1.54) is 25.7 Å². The minimum Gasteiger partial charge on any atom is -0.0882 e. The van der Waals surface area contributed by atoms with Gasteiger partial charge in [0.05, 0.1) is 0 Å². The molecule has 2 atom stereocenters. The summed E-state index contributed by atoms with van der Waals surface area (Å²) < 4.78 is 0. The van der Waals surface area contributed by atoms with E-state index >= 15 is 0 Å². The van der Waals surface area contributed by atoms with E-state index in [0.717, 1.165) is 5.92 Å². The average molecular weight is 137 g/mol. The summed E-state index contributed by atoms with van der Waals surface area (Å²) in [4.78, 5) is 0. The van der Waals surface area contributed by atoms with Crippen molar-refractivity contribution in [3.8, 4) is 0 Å². The number of hydrogen-bond acceptors (Lipinski definition) is 0. The zero-order valence-corrected chi connectivity index (χ0v) is 6.84. The predicted molar refractivity (Wildman–Crippen MR) is 45.6 cm³/mol. The Hall–Kier alpha value is -0.260. The van der Waals surface area contributed by atoms with Crippen LogP contribution in [0.15, 0.2) is 12.2 Å². The van der Waals surface area contributed by atoms with E-state index in [0.29, 0.717) is 5.92 Å². The predicted octanol–water partition coefficient (Wildman–Crippen LogP) is 3.20. The second-order valence-corrected chi connectivity index (χ2v) is 3.35. The summed E-state index contributed by atoms with van der Waals surface area (Å²) in [7, 11) is 0. The van der Waals surface area contributed by atoms with Crippen molar-refractivity contribution < 1.29 is 0 Å². The Kier molecular flexibility index (Phi) is 2.98. The van der Waals surface area contributed by atoms with Crippen LogP contribution < -0.4 is 0 Å².